The van der Waals surface area contributed by atoms with E-state index in [0.717, 1.165) is 35.7 Å². The third-order valence-corrected chi connectivity index (χ3v) is 5.98. The Morgan fingerprint density at radius 3 is 2.70 bits per heavy atom. The molecule has 6 nitrogen and oxygen atoms in total. The van der Waals surface area contributed by atoms with E-state index in [1.807, 2.05) is 30.3 Å². The van der Waals surface area contributed by atoms with Crippen molar-refractivity contribution < 1.29 is 19.2 Å². The predicted octanol–water partition coefficient (Wildman–Crippen LogP) is 1.60. The summed E-state index contributed by atoms with van der Waals surface area (Å²) in [6, 6.07) is 9.88. The van der Waals surface area contributed by atoms with Gasteiger partial charge in [0.25, 0.3) is 5.91 Å². The number of para-hydroxylation sites is 1. The first kappa shape index (κ1) is 19.4. The Morgan fingerprint density at radius 2 is 2.04 bits per heavy atom. The lowest BCUT2D eigenvalue weighted by atomic mass is 10.0. The quantitative estimate of drug-likeness (QED) is 0.674. The van der Waals surface area contributed by atoms with Crippen molar-refractivity contribution in [2.75, 3.05) is 18.5 Å². The molecule has 7 heteroatoms. The molecular weight excluding hydrogens is 362 g/mol. The van der Waals surface area contributed by atoms with E-state index in [0.29, 0.717) is 16.6 Å². The number of hydrogen-bond donors (Lipinski definition) is 3. The van der Waals surface area contributed by atoms with Gasteiger partial charge in [0.15, 0.2) is 0 Å². The number of ether oxygens (including phenoxy) is 1. The first-order valence-electron chi connectivity index (χ1n) is 9.22. The lowest BCUT2D eigenvalue weighted by Crippen LogP contribution is -3.14. The maximum Gasteiger partial charge on any atom is 0.252 e. The Morgan fingerprint density at radius 1 is 1.30 bits per heavy atom. The number of thiophene rings is 1. The van der Waals surface area contributed by atoms with E-state index in [1.165, 1.54) is 16.2 Å². The number of carbonyl (C=O) groups is 2. The van der Waals surface area contributed by atoms with Crippen molar-refractivity contribution in [1.82, 2.24) is 0 Å². The molecule has 1 aliphatic heterocycles. The van der Waals surface area contributed by atoms with Crippen molar-refractivity contribution >= 4 is 28.2 Å². The Hall–Kier alpha value is -2.38. The van der Waals surface area contributed by atoms with Crippen LogP contribution >= 0.6 is 11.3 Å². The molecule has 4 N–H and O–H groups in total. The normalized spacial score (nSPS) is 16.0. The molecule has 3 rings (SSSR count). The van der Waals surface area contributed by atoms with Crippen LogP contribution < -0.4 is 20.7 Å². The highest BCUT2D eigenvalue weighted by atomic mass is 32.1. The van der Waals surface area contributed by atoms with Crippen LogP contribution in [0.15, 0.2) is 30.3 Å². The second kappa shape index (κ2) is 8.54. The van der Waals surface area contributed by atoms with Gasteiger partial charge in [-0.2, -0.15) is 0 Å². The fourth-order valence-corrected chi connectivity index (χ4v) is 4.63. The van der Waals surface area contributed by atoms with Crippen LogP contribution in [0.1, 0.15) is 41.1 Å². The summed E-state index contributed by atoms with van der Waals surface area (Å²) in [5.74, 6) is 0.0721. The van der Waals surface area contributed by atoms with Gasteiger partial charge in [-0.15, -0.1) is 11.3 Å². The molecule has 1 unspecified atom stereocenters. The van der Waals surface area contributed by atoms with Gasteiger partial charge < -0.3 is 20.7 Å². The van der Waals surface area contributed by atoms with Crippen molar-refractivity contribution in [3.05, 3.63) is 46.3 Å². The minimum atomic E-state index is -0.476. The number of benzene rings is 1. The molecular formula is C20H26N3O3S+. The topological polar surface area (TPSA) is 85.9 Å². The van der Waals surface area contributed by atoms with Crippen LogP contribution in [0.3, 0.4) is 0 Å². The van der Waals surface area contributed by atoms with E-state index in [9.17, 15) is 9.59 Å². The molecule has 1 atom stereocenters. The second-order valence-electron chi connectivity index (χ2n) is 7.02. The number of carbonyl (C=O) groups excluding carboxylic acids is 2. The zero-order chi connectivity index (χ0) is 19.4. The Balaban J connectivity index is 1.65. The van der Waals surface area contributed by atoms with Crippen molar-refractivity contribution in [2.24, 2.45) is 5.73 Å². The van der Waals surface area contributed by atoms with E-state index in [2.05, 4.69) is 19.2 Å². The van der Waals surface area contributed by atoms with Crippen molar-refractivity contribution in [1.29, 1.82) is 0 Å². The first-order valence-corrected chi connectivity index (χ1v) is 10.0. The molecule has 0 radical (unpaired) electrons. The summed E-state index contributed by atoms with van der Waals surface area (Å²) in [4.78, 5) is 26.9. The van der Waals surface area contributed by atoms with E-state index in [4.69, 9.17) is 10.5 Å². The van der Waals surface area contributed by atoms with Crippen LogP contribution in [-0.4, -0.2) is 31.0 Å². The van der Waals surface area contributed by atoms with Crippen molar-refractivity contribution in [3.8, 4) is 5.75 Å². The molecule has 1 aliphatic rings. The highest BCUT2D eigenvalue weighted by Crippen LogP contribution is 2.34. The molecule has 0 saturated heterocycles. The predicted molar refractivity (Wildman–Crippen MR) is 106 cm³/mol. The standard InChI is InChI=1S/C20H25N3O3S/c1-13(2)23-10-8-15-16(12-23)27-20(18(15)19(21)25)22-17(24)9-11-26-14-6-4-3-5-7-14/h3-7,13H,8-12H2,1-2H3,(H2,21,25)(H,22,24)/p+1. The minimum absolute atomic E-state index is 0.180. The molecule has 2 amide bonds. The largest absolute Gasteiger partial charge is 0.493 e. The van der Waals surface area contributed by atoms with Crippen LogP contribution in [0, 0.1) is 0 Å². The Labute approximate surface area is 163 Å². The summed E-state index contributed by atoms with van der Waals surface area (Å²) in [6.45, 7) is 6.50. The van der Waals surface area contributed by atoms with Gasteiger partial charge in [0.1, 0.15) is 17.3 Å². The van der Waals surface area contributed by atoms with Gasteiger partial charge in [-0.1, -0.05) is 18.2 Å². The molecule has 0 fully saturated rings. The molecule has 2 heterocycles. The van der Waals surface area contributed by atoms with Crippen LogP contribution in [0.25, 0.3) is 0 Å². The highest BCUT2D eigenvalue weighted by Gasteiger charge is 2.30. The number of amides is 2. The van der Waals surface area contributed by atoms with E-state index >= 15 is 0 Å². The van der Waals surface area contributed by atoms with E-state index in [-0.39, 0.29) is 18.9 Å². The summed E-state index contributed by atoms with van der Waals surface area (Å²) < 4.78 is 5.56. The fraction of sp³-hybridized carbons (Fsp3) is 0.400. The highest BCUT2D eigenvalue weighted by molar-refractivity contribution is 7.17. The third kappa shape index (κ3) is 4.67. The first-order chi connectivity index (χ1) is 13.0. The fourth-order valence-electron chi connectivity index (χ4n) is 3.31. The number of rotatable bonds is 7. The molecule has 27 heavy (non-hydrogen) atoms. The van der Waals surface area contributed by atoms with Crippen molar-refractivity contribution in [2.45, 2.75) is 39.3 Å². The van der Waals surface area contributed by atoms with E-state index in [1.54, 1.807) is 0 Å². The monoisotopic (exact) mass is 388 g/mol. The molecule has 1 aromatic heterocycles. The summed E-state index contributed by atoms with van der Waals surface area (Å²) in [6.07, 6.45) is 1.02. The molecule has 1 aromatic carbocycles. The van der Waals surface area contributed by atoms with Gasteiger partial charge in [0, 0.05) is 6.42 Å². The lowest BCUT2D eigenvalue weighted by molar-refractivity contribution is -0.936. The number of nitrogens with two attached hydrogens (primary N) is 1. The summed E-state index contributed by atoms with van der Waals surface area (Å²) in [5, 5.41) is 3.44. The maximum absolute atomic E-state index is 12.3. The van der Waals surface area contributed by atoms with E-state index < -0.39 is 5.91 Å². The number of anilines is 1. The number of nitrogens with one attached hydrogen (secondary N) is 2. The summed E-state index contributed by atoms with van der Waals surface area (Å²) >= 11 is 1.48. The van der Waals surface area contributed by atoms with Gasteiger partial charge in [-0.25, -0.2) is 0 Å². The van der Waals surface area contributed by atoms with Crippen LogP contribution in [-0.2, 0) is 17.8 Å². The Bertz CT molecular complexity index is 817. The smallest absolute Gasteiger partial charge is 0.252 e. The molecule has 2 aromatic rings. The van der Waals surface area contributed by atoms with Crippen LogP contribution in [0.2, 0.25) is 0 Å². The molecule has 0 spiro atoms. The maximum atomic E-state index is 12.3. The number of fused-ring (bicyclic) bond motifs is 1. The van der Waals surface area contributed by atoms with Crippen LogP contribution in [0.5, 0.6) is 5.75 Å². The number of quaternary nitrogens is 1. The molecule has 0 aliphatic carbocycles. The molecule has 144 valence electrons. The summed E-state index contributed by atoms with van der Waals surface area (Å²) in [7, 11) is 0. The zero-order valence-corrected chi connectivity index (χ0v) is 16.5. The lowest BCUT2D eigenvalue weighted by Gasteiger charge is -2.27. The summed E-state index contributed by atoms with van der Waals surface area (Å²) in [5.41, 5.74) is 7.10. The average Bonchev–Trinajstić information content (AvgIpc) is 2.99. The zero-order valence-electron chi connectivity index (χ0n) is 15.7. The van der Waals surface area contributed by atoms with Crippen LogP contribution in [0.4, 0.5) is 5.00 Å². The Kier molecular flexibility index (Phi) is 6.13. The number of hydrogen-bond acceptors (Lipinski definition) is 4. The van der Waals surface area contributed by atoms with Gasteiger partial charge in [-0.05, 0) is 31.5 Å². The number of primary amides is 1. The minimum Gasteiger partial charge on any atom is -0.493 e. The second-order valence-corrected chi connectivity index (χ2v) is 8.13. The molecule has 0 saturated carbocycles. The third-order valence-electron chi connectivity index (χ3n) is 4.83. The average molecular weight is 389 g/mol. The van der Waals surface area contributed by atoms with Gasteiger partial charge in [0.2, 0.25) is 5.91 Å². The molecule has 0 bridgehead atoms. The van der Waals surface area contributed by atoms with Gasteiger partial charge in [0.05, 0.1) is 36.1 Å². The van der Waals surface area contributed by atoms with Gasteiger partial charge >= 0.3 is 0 Å². The van der Waals surface area contributed by atoms with Crippen molar-refractivity contribution in [3.63, 3.8) is 0 Å². The van der Waals surface area contributed by atoms with Gasteiger partial charge in [-0.3, -0.25) is 9.59 Å². The SMILES string of the molecule is CC(C)[NH+]1CCc2c(sc(NC(=O)CCOc3ccccc3)c2C(N)=O)C1.